The Kier molecular flexibility index (Phi) is 8.96. The van der Waals surface area contributed by atoms with Crippen LogP contribution in [-0.4, -0.2) is 33.9 Å². The van der Waals surface area contributed by atoms with Crippen LogP contribution in [0.2, 0.25) is 0 Å². The predicted molar refractivity (Wildman–Crippen MR) is 134 cm³/mol. The number of Topliss-reactive ketones (excluding diaryl/α,β-unsaturated/α-hetero) is 1. The highest BCUT2D eigenvalue weighted by Crippen LogP contribution is 2.63. The van der Waals surface area contributed by atoms with E-state index >= 15 is 0 Å². The molecule has 0 radical (unpaired) electrons. The first-order valence-electron chi connectivity index (χ1n) is 11.9. The Morgan fingerprint density at radius 3 is 1.91 bits per heavy atom. The summed E-state index contributed by atoms with van der Waals surface area (Å²) >= 11 is 0. The number of aliphatic hydroxyl groups excluding tert-OH is 1. The standard InChI is InChI=1S/C16H14O3.C10H16O.C3H8O/c1-11(16(18)19)13-8-5-9-14(10-13)15(17)12-6-3-2-4-7-12;1-9(2)7-4-5-10(9,3)8(11)6-7;1-3(2)4/h2-11H,1H3,(H,18,19);7H,4-6H2,1-3H3;3-4H,1-2H3. The highest BCUT2D eigenvalue weighted by Gasteiger charge is 2.61. The number of aliphatic hydroxyl groups is 1. The maximum absolute atomic E-state index is 12.2. The first-order valence-corrected chi connectivity index (χ1v) is 11.9. The first-order chi connectivity index (χ1) is 15.8. The summed E-state index contributed by atoms with van der Waals surface area (Å²) in [4.78, 5) is 34.8. The van der Waals surface area contributed by atoms with Crippen LogP contribution in [-0.2, 0) is 9.59 Å². The van der Waals surface area contributed by atoms with Gasteiger partial charge in [-0.05, 0) is 56.6 Å². The van der Waals surface area contributed by atoms with Crippen molar-refractivity contribution in [1.82, 2.24) is 0 Å². The zero-order valence-corrected chi connectivity index (χ0v) is 21.2. The summed E-state index contributed by atoms with van der Waals surface area (Å²) in [6.07, 6.45) is 3.09. The Morgan fingerprint density at radius 1 is 0.941 bits per heavy atom. The number of benzene rings is 2. The van der Waals surface area contributed by atoms with Gasteiger partial charge < -0.3 is 10.2 Å². The van der Waals surface area contributed by atoms with Gasteiger partial charge in [0.1, 0.15) is 5.78 Å². The van der Waals surface area contributed by atoms with Crippen molar-refractivity contribution in [2.45, 2.75) is 72.8 Å². The summed E-state index contributed by atoms with van der Waals surface area (Å²) in [7, 11) is 0. The minimum absolute atomic E-state index is 0.0255. The molecule has 3 atom stereocenters. The minimum atomic E-state index is -0.899. The molecule has 5 heteroatoms. The summed E-state index contributed by atoms with van der Waals surface area (Å²) in [5.74, 6) is -0.424. The van der Waals surface area contributed by atoms with Gasteiger partial charge in [-0.1, -0.05) is 69.3 Å². The molecule has 5 nitrogen and oxygen atoms in total. The number of hydrogen-bond acceptors (Lipinski definition) is 4. The van der Waals surface area contributed by atoms with Gasteiger partial charge in [0.15, 0.2) is 5.78 Å². The molecule has 2 aromatic rings. The van der Waals surface area contributed by atoms with Crippen LogP contribution < -0.4 is 0 Å². The lowest BCUT2D eigenvalue weighted by molar-refractivity contribution is -0.138. The maximum Gasteiger partial charge on any atom is 0.310 e. The molecule has 2 saturated carbocycles. The van der Waals surface area contributed by atoms with Gasteiger partial charge in [0.25, 0.3) is 0 Å². The molecule has 0 aromatic heterocycles. The first kappa shape index (κ1) is 27.5. The zero-order chi connectivity index (χ0) is 25.7. The fraction of sp³-hybridized carbons (Fsp3) is 0.483. The number of carboxylic acid groups (broad SMARTS) is 1. The quantitative estimate of drug-likeness (QED) is 0.548. The van der Waals surface area contributed by atoms with Crippen LogP contribution in [0, 0.1) is 16.7 Å². The second-order valence-corrected chi connectivity index (χ2v) is 10.4. The number of hydrogen-bond donors (Lipinski definition) is 2. The average Bonchev–Trinajstić information content (AvgIpc) is 3.12. The van der Waals surface area contributed by atoms with Gasteiger partial charge in [-0.2, -0.15) is 0 Å². The van der Waals surface area contributed by atoms with E-state index in [1.807, 2.05) is 6.07 Å². The van der Waals surface area contributed by atoms with Gasteiger partial charge in [0, 0.05) is 29.1 Å². The fourth-order valence-corrected chi connectivity index (χ4v) is 4.75. The van der Waals surface area contributed by atoms with E-state index in [4.69, 9.17) is 10.2 Å². The highest BCUT2D eigenvalue weighted by atomic mass is 16.4. The number of ketones is 2. The van der Waals surface area contributed by atoms with Gasteiger partial charge in [0.2, 0.25) is 0 Å². The third-order valence-corrected chi connectivity index (χ3v) is 7.54. The summed E-state index contributed by atoms with van der Waals surface area (Å²) in [5, 5.41) is 17.1. The van der Waals surface area contributed by atoms with E-state index in [0.29, 0.717) is 28.4 Å². The molecule has 184 valence electrons. The van der Waals surface area contributed by atoms with Gasteiger partial charge in [-0.15, -0.1) is 0 Å². The third-order valence-electron chi connectivity index (χ3n) is 7.54. The molecule has 0 amide bonds. The van der Waals surface area contributed by atoms with Gasteiger partial charge in [0.05, 0.1) is 5.92 Å². The monoisotopic (exact) mass is 466 g/mol. The molecule has 4 rings (SSSR count). The van der Waals surface area contributed by atoms with Gasteiger partial charge in [-0.3, -0.25) is 14.4 Å². The highest BCUT2D eigenvalue weighted by molar-refractivity contribution is 6.09. The Morgan fingerprint density at radius 2 is 1.50 bits per heavy atom. The summed E-state index contributed by atoms with van der Waals surface area (Å²) in [6, 6.07) is 15.7. The molecule has 2 bridgehead atoms. The molecule has 2 aliphatic carbocycles. The summed E-state index contributed by atoms with van der Waals surface area (Å²) in [6.45, 7) is 11.7. The lowest BCUT2D eigenvalue weighted by Gasteiger charge is -2.32. The van der Waals surface area contributed by atoms with E-state index in [9.17, 15) is 14.4 Å². The van der Waals surface area contributed by atoms with Crippen molar-refractivity contribution in [3.8, 4) is 0 Å². The van der Waals surface area contributed by atoms with Gasteiger partial charge >= 0.3 is 5.97 Å². The summed E-state index contributed by atoms with van der Waals surface area (Å²) in [5.41, 5.74) is 2.05. The number of fused-ring (bicyclic) bond motifs is 2. The van der Waals surface area contributed by atoms with Crippen molar-refractivity contribution in [3.63, 3.8) is 0 Å². The zero-order valence-electron chi connectivity index (χ0n) is 21.2. The summed E-state index contributed by atoms with van der Waals surface area (Å²) < 4.78 is 0. The Labute approximate surface area is 203 Å². The second kappa shape index (κ2) is 11.1. The van der Waals surface area contributed by atoms with Crippen molar-refractivity contribution >= 4 is 17.5 Å². The Hall–Kier alpha value is -2.79. The average molecular weight is 467 g/mol. The molecular formula is C29H38O5. The molecule has 2 aliphatic rings. The Balaban J connectivity index is 0.000000228. The van der Waals surface area contributed by atoms with Crippen molar-refractivity contribution in [2.24, 2.45) is 16.7 Å². The van der Waals surface area contributed by atoms with E-state index in [1.165, 1.54) is 6.42 Å². The van der Waals surface area contributed by atoms with Crippen LogP contribution >= 0.6 is 0 Å². The van der Waals surface area contributed by atoms with Crippen LogP contribution in [0.4, 0.5) is 0 Å². The normalized spacial score (nSPS) is 22.8. The van der Waals surface area contributed by atoms with E-state index in [2.05, 4.69) is 20.8 Å². The molecule has 2 aromatic carbocycles. The van der Waals surface area contributed by atoms with Crippen LogP contribution in [0.5, 0.6) is 0 Å². The lowest BCUT2D eigenvalue weighted by atomic mass is 9.70. The molecule has 2 fully saturated rings. The number of carbonyl (C=O) groups is 3. The second-order valence-electron chi connectivity index (χ2n) is 10.4. The molecule has 34 heavy (non-hydrogen) atoms. The minimum Gasteiger partial charge on any atom is -0.481 e. The van der Waals surface area contributed by atoms with E-state index in [1.54, 1.807) is 69.3 Å². The SMILES string of the molecule is CC(C(=O)O)c1cccc(C(=O)c2ccccc2)c1.CC(C)O.CC12CCC(CC1=O)C2(C)C. The third kappa shape index (κ3) is 6.01. The number of aliphatic carboxylic acids is 1. The molecular weight excluding hydrogens is 428 g/mol. The van der Waals surface area contributed by atoms with Gasteiger partial charge in [-0.25, -0.2) is 0 Å². The van der Waals surface area contributed by atoms with Crippen LogP contribution in [0.15, 0.2) is 54.6 Å². The molecule has 0 spiro atoms. The fourth-order valence-electron chi connectivity index (χ4n) is 4.75. The maximum atomic E-state index is 12.2. The molecule has 2 N–H and O–H groups in total. The number of carboxylic acids is 1. The molecule has 0 aliphatic heterocycles. The topological polar surface area (TPSA) is 91.7 Å². The van der Waals surface area contributed by atoms with E-state index in [0.717, 1.165) is 12.8 Å². The van der Waals surface area contributed by atoms with Crippen LogP contribution in [0.25, 0.3) is 0 Å². The number of carbonyl (C=O) groups excluding carboxylic acids is 2. The number of rotatable bonds is 4. The molecule has 0 heterocycles. The molecule has 3 unspecified atom stereocenters. The predicted octanol–water partition coefficient (Wildman–Crippen LogP) is 5.89. The van der Waals surface area contributed by atoms with E-state index in [-0.39, 0.29) is 22.7 Å². The van der Waals surface area contributed by atoms with Crippen molar-refractivity contribution in [3.05, 3.63) is 71.3 Å². The van der Waals surface area contributed by atoms with Crippen molar-refractivity contribution < 1.29 is 24.6 Å². The lowest BCUT2D eigenvalue weighted by Crippen LogP contribution is -2.32. The van der Waals surface area contributed by atoms with E-state index < -0.39 is 11.9 Å². The largest absolute Gasteiger partial charge is 0.481 e. The van der Waals surface area contributed by atoms with Crippen LogP contribution in [0.3, 0.4) is 0 Å². The molecule has 0 saturated heterocycles. The Bertz CT molecular complexity index is 1010. The smallest absolute Gasteiger partial charge is 0.310 e. The van der Waals surface area contributed by atoms with Crippen LogP contribution in [0.1, 0.15) is 88.2 Å². The van der Waals surface area contributed by atoms with Crippen molar-refractivity contribution in [1.29, 1.82) is 0 Å². The van der Waals surface area contributed by atoms with Crippen molar-refractivity contribution in [2.75, 3.05) is 0 Å².